The second-order valence-electron chi connectivity index (χ2n) is 3.98. The van der Waals surface area contributed by atoms with Gasteiger partial charge in [-0.1, -0.05) is 31.4 Å². The second kappa shape index (κ2) is 10.2. The highest BCUT2D eigenvalue weighted by Crippen LogP contribution is 2.13. The van der Waals surface area contributed by atoms with Gasteiger partial charge >= 0.3 is 0 Å². The SMILES string of the molecule is C=CCCCC(C)CC(C#CC)=NCC=C. The first kappa shape index (κ1) is 14.7. The third-order valence-electron chi connectivity index (χ3n) is 2.33. The van der Waals surface area contributed by atoms with Gasteiger partial charge in [0.2, 0.25) is 0 Å². The van der Waals surface area contributed by atoms with Crippen molar-refractivity contribution in [1.82, 2.24) is 0 Å². The van der Waals surface area contributed by atoms with Crippen LogP contribution in [0, 0.1) is 17.8 Å². The summed E-state index contributed by atoms with van der Waals surface area (Å²) in [5.74, 6) is 6.63. The number of hydrogen-bond donors (Lipinski definition) is 0. The van der Waals surface area contributed by atoms with Crippen molar-refractivity contribution < 1.29 is 0 Å². The van der Waals surface area contributed by atoms with E-state index in [9.17, 15) is 0 Å². The molecule has 0 rings (SSSR count). The Bertz CT molecular complexity index is 288. The Morgan fingerprint density at radius 1 is 1.38 bits per heavy atom. The van der Waals surface area contributed by atoms with Crippen molar-refractivity contribution in [3.63, 3.8) is 0 Å². The quantitative estimate of drug-likeness (QED) is 0.252. The molecule has 0 saturated heterocycles. The monoisotopic (exact) mass is 217 g/mol. The lowest BCUT2D eigenvalue weighted by atomic mass is 9.98. The Labute approximate surface area is 100 Å². The predicted molar refractivity (Wildman–Crippen MR) is 73.8 cm³/mol. The highest BCUT2D eigenvalue weighted by Gasteiger charge is 2.04. The summed E-state index contributed by atoms with van der Waals surface area (Å²) in [5.41, 5.74) is 1.01. The number of aliphatic imine (C=N–C) groups is 1. The fraction of sp³-hybridized carbons (Fsp3) is 0.533. The van der Waals surface area contributed by atoms with Gasteiger partial charge < -0.3 is 0 Å². The Hall–Kier alpha value is -1.29. The van der Waals surface area contributed by atoms with Crippen molar-refractivity contribution in [3.8, 4) is 11.8 Å². The maximum absolute atomic E-state index is 4.40. The highest BCUT2D eigenvalue weighted by molar-refractivity contribution is 6.00. The lowest BCUT2D eigenvalue weighted by Crippen LogP contribution is -2.04. The summed E-state index contributed by atoms with van der Waals surface area (Å²) in [6, 6.07) is 0. The zero-order chi connectivity index (χ0) is 12.2. The molecule has 1 atom stereocenters. The van der Waals surface area contributed by atoms with Crippen LogP contribution in [0.15, 0.2) is 30.3 Å². The summed E-state index contributed by atoms with van der Waals surface area (Å²) in [7, 11) is 0. The molecule has 0 aromatic heterocycles. The summed E-state index contributed by atoms with van der Waals surface area (Å²) < 4.78 is 0. The minimum absolute atomic E-state index is 0.643. The number of hydrogen-bond acceptors (Lipinski definition) is 1. The number of unbranched alkanes of at least 4 members (excludes halogenated alkanes) is 1. The molecule has 0 aromatic carbocycles. The second-order valence-corrected chi connectivity index (χ2v) is 3.98. The molecule has 0 amide bonds. The Kier molecular flexibility index (Phi) is 9.41. The Morgan fingerprint density at radius 3 is 2.69 bits per heavy atom. The first-order valence-corrected chi connectivity index (χ1v) is 5.92. The van der Waals surface area contributed by atoms with Crippen molar-refractivity contribution in [2.75, 3.05) is 6.54 Å². The third-order valence-corrected chi connectivity index (χ3v) is 2.33. The number of nitrogens with zero attached hydrogens (tertiary/aromatic N) is 1. The van der Waals surface area contributed by atoms with E-state index >= 15 is 0 Å². The van der Waals surface area contributed by atoms with Gasteiger partial charge in [-0.15, -0.1) is 19.1 Å². The standard InChI is InChI=1S/C15H23N/c1-5-8-9-11-14(4)13-15(10-6-2)16-12-7-3/h5,7,14H,1,3,8-9,11-13H2,2,4H3. The van der Waals surface area contributed by atoms with Gasteiger partial charge in [0.15, 0.2) is 0 Å². The van der Waals surface area contributed by atoms with Crippen LogP contribution in [-0.4, -0.2) is 12.3 Å². The first-order chi connectivity index (χ1) is 7.74. The van der Waals surface area contributed by atoms with Crippen molar-refractivity contribution in [2.24, 2.45) is 10.9 Å². The molecular formula is C15H23N. The van der Waals surface area contributed by atoms with E-state index in [0.29, 0.717) is 12.5 Å². The molecule has 88 valence electrons. The number of rotatable bonds is 8. The van der Waals surface area contributed by atoms with Gasteiger partial charge in [-0.05, 0) is 32.1 Å². The van der Waals surface area contributed by atoms with E-state index in [-0.39, 0.29) is 0 Å². The molecule has 0 aliphatic rings. The van der Waals surface area contributed by atoms with Crippen LogP contribution in [0.1, 0.15) is 39.5 Å². The summed E-state index contributed by atoms with van der Waals surface area (Å²) >= 11 is 0. The van der Waals surface area contributed by atoms with Gasteiger partial charge in [-0.25, -0.2) is 0 Å². The van der Waals surface area contributed by atoms with Gasteiger partial charge in [0.25, 0.3) is 0 Å². The molecule has 0 saturated carbocycles. The van der Waals surface area contributed by atoms with E-state index < -0.39 is 0 Å². The molecule has 0 radical (unpaired) electrons. The molecule has 0 aromatic rings. The first-order valence-electron chi connectivity index (χ1n) is 5.92. The molecule has 0 fully saturated rings. The normalized spacial score (nSPS) is 12.5. The molecule has 1 heteroatoms. The van der Waals surface area contributed by atoms with Crippen LogP contribution in [0.3, 0.4) is 0 Å². The third kappa shape index (κ3) is 8.05. The largest absolute Gasteiger partial charge is 0.277 e. The van der Waals surface area contributed by atoms with Crippen molar-refractivity contribution in [1.29, 1.82) is 0 Å². The molecule has 0 N–H and O–H groups in total. The van der Waals surface area contributed by atoms with Crippen LogP contribution in [0.4, 0.5) is 0 Å². The van der Waals surface area contributed by atoms with Gasteiger partial charge in [-0.3, -0.25) is 4.99 Å². The Balaban J connectivity index is 4.10. The van der Waals surface area contributed by atoms with Gasteiger partial charge in [0.05, 0.1) is 12.3 Å². The molecule has 16 heavy (non-hydrogen) atoms. The molecule has 0 aliphatic heterocycles. The lowest BCUT2D eigenvalue weighted by Gasteiger charge is -2.09. The van der Waals surface area contributed by atoms with E-state index in [2.05, 4.69) is 36.9 Å². The molecule has 0 heterocycles. The van der Waals surface area contributed by atoms with Crippen LogP contribution >= 0.6 is 0 Å². The van der Waals surface area contributed by atoms with Crippen molar-refractivity contribution in [3.05, 3.63) is 25.3 Å². The highest BCUT2D eigenvalue weighted by atomic mass is 14.7. The summed E-state index contributed by atoms with van der Waals surface area (Å²) in [5, 5.41) is 0. The summed E-state index contributed by atoms with van der Waals surface area (Å²) in [6.07, 6.45) is 8.28. The average molecular weight is 217 g/mol. The maximum atomic E-state index is 4.40. The molecule has 0 aliphatic carbocycles. The maximum Gasteiger partial charge on any atom is 0.0850 e. The Morgan fingerprint density at radius 2 is 2.12 bits per heavy atom. The minimum atomic E-state index is 0.643. The predicted octanol–water partition coefficient (Wildman–Crippen LogP) is 4.02. The van der Waals surface area contributed by atoms with E-state index in [1.165, 1.54) is 12.8 Å². The minimum Gasteiger partial charge on any atom is -0.277 e. The van der Waals surface area contributed by atoms with E-state index in [0.717, 1.165) is 18.6 Å². The zero-order valence-corrected chi connectivity index (χ0v) is 10.6. The fourth-order valence-corrected chi connectivity index (χ4v) is 1.52. The average Bonchev–Trinajstić information content (AvgIpc) is 2.26. The van der Waals surface area contributed by atoms with Crippen LogP contribution in [-0.2, 0) is 0 Å². The lowest BCUT2D eigenvalue weighted by molar-refractivity contribution is 0.532. The number of allylic oxidation sites excluding steroid dienone is 1. The topological polar surface area (TPSA) is 12.4 Å². The van der Waals surface area contributed by atoms with E-state index in [4.69, 9.17) is 0 Å². The molecule has 1 nitrogen and oxygen atoms in total. The van der Waals surface area contributed by atoms with Crippen molar-refractivity contribution in [2.45, 2.75) is 39.5 Å². The van der Waals surface area contributed by atoms with Crippen LogP contribution in [0.25, 0.3) is 0 Å². The van der Waals surface area contributed by atoms with E-state index in [1.54, 1.807) is 6.08 Å². The molecule has 0 bridgehead atoms. The molecule has 0 spiro atoms. The van der Waals surface area contributed by atoms with Gasteiger partial charge in [0, 0.05) is 0 Å². The van der Waals surface area contributed by atoms with Crippen molar-refractivity contribution >= 4 is 5.71 Å². The van der Waals surface area contributed by atoms with Crippen LogP contribution in [0.5, 0.6) is 0 Å². The van der Waals surface area contributed by atoms with E-state index in [1.807, 2.05) is 13.0 Å². The summed E-state index contributed by atoms with van der Waals surface area (Å²) in [6.45, 7) is 12.2. The smallest absolute Gasteiger partial charge is 0.0850 e. The summed E-state index contributed by atoms with van der Waals surface area (Å²) in [4.78, 5) is 4.40. The molecular weight excluding hydrogens is 194 g/mol. The fourth-order valence-electron chi connectivity index (χ4n) is 1.52. The van der Waals surface area contributed by atoms with Gasteiger partial charge in [0.1, 0.15) is 0 Å². The van der Waals surface area contributed by atoms with Gasteiger partial charge in [-0.2, -0.15) is 0 Å². The zero-order valence-electron chi connectivity index (χ0n) is 10.6. The van der Waals surface area contributed by atoms with Crippen LogP contribution < -0.4 is 0 Å². The molecule has 1 unspecified atom stereocenters. The van der Waals surface area contributed by atoms with Crippen LogP contribution in [0.2, 0.25) is 0 Å².